The Hall–Kier alpha value is -2.89. The van der Waals surface area contributed by atoms with Gasteiger partial charge in [-0.05, 0) is 43.2 Å². The van der Waals surface area contributed by atoms with Gasteiger partial charge in [0.1, 0.15) is 0 Å². The minimum atomic E-state index is -0.273. The zero-order valence-corrected chi connectivity index (χ0v) is 15.9. The molecule has 1 aromatic carbocycles. The highest BCUT2D eigenvalue weighted by Gasteiger charge is 2.19. The normalized spacial score (nSPS) is 14.4. The average molecular weight is 366 g/mol. The molecule has 1 fully saturated rings. The Morgan fingerprint density at radius 1 is 0.963 bits per heavy atom. The van der Waals surface area contributed by atoms with E-state index in [2.05, 4.69) is 10.3 Å². The molecular formula is C21H26N4O2. The van der Waals surface area contributed by atoms with E-state index in [0.29, 0.717) is 16.8 Å². The number of nitrogens with zero attached hydrogens (tertiary/aromatic N) is 3. The molecule has 0 saturated carbocycles. The fraction of sp³-hybridized carbons (Fsp3) is 0.381. The van der Waals surface area contributed by atoms with Gasteiger partial charge in [-0.1, -0.05) is 12.8 Å². The number of rotatable bonds is 4. The van der Waals surface area contributed by atoms with Crippen molar-refractivity contribution in [2.24, 2.45) is 0 Å². The molecule has 2 heterocycles. The summed E-state index contributed by atoms with van der Waals surface area (Å²) < 4.78 is 0. The highest BCUT2D eigenvalue weighted by molar-refractivity contribution is 6.05. The summed E-state index contributed by atoms with van der Waals surface area (Å²) in [5, 5.41) is 2.86. The summed E-state index contributed by atoms with van der Waals surface area (Å²) in [5.74, 6) is -0.319. The van der Waals surface area contributed by atoms with Crippen LogP contribution >= 0.6 is 0 Å². The van der Waals surface area contributed by atoms with Crippen molar-refractivity contribution < 1.29 is 9.59 Å². The molecule has 1 saturated heterocycles. The number of aromatic nitrogens is 1. The van der Waals surface area contributed by atoms with Gasteiger partial charge in [-0.15, -0.1) is 0 Å². The van der Waals surface area contributed by atoms with E-state index in [1.807, 2.05) is 48.2 Å². The van der Waals surface area contributed by atoms with Crippen molar-refractivity contribution in [1.82, 2.24) is 9.88 Å². The summed E-state index contributed by atoms with van der Waals surface area (Å²) in [7, 11) is 3.93. The maximum atomic E-state index is 12.7. The number of hydrogen-bond acceptors (Lipinski definition) is 4. The van der Waals surface area contributed by atoms with Crippen molar-refractivity contribution in [2.75, 3.05) is 37.4 Å². The molecule has 1 aromatic heterocycles. The first-order chi connectivity index (χ1) is 13.0. The van der Waals surface area contributed by atoms with Crippen molar-refractivity contribution in [2.45, 2.75) is 25.7 Å². The number of carbonyl (C=O) groups is 2. The molecule has 0 spiro atoms. The number of hydrogen-bond donors (Lipinski definition) is 1. The van der Waals surface area contributed by atoms with Crippen LogP contribution in [0.5, 0.6) is 0 Å². The highest BCUT2D eigenvalue weighted by atomic mass is 16.2. The summed E-state index contributed by atoms with van der Waals surface area (Å²) in [5.41, 5.74) is 2.61. The molecule has 0 aliphatic carbocycles. The second-order valence-electron chi connectivity index (χ2n) is 7.06. The van der Waals surface area contributed by atoms with Gasteiger partial charge in [0, 0.05) is 51.0 Å². The smallest absolute Gasteiger partial charge is 0.257 e. The van der Waals surface area contributed by atoms with Crippen LogP contribution in [-0.4, -0.2) is 48.9 Å². The molecule has 2 aromatic rings. The predicted molar refractivity (Wildman–Crippen MR) is 107 cm³/mol. The van der Waals surface area contributed by atoms with Crippen LogP contribution in [-0.2, 0) is 0 Å². The summed E-state index contributed by atoms with van der Waals surface area (Å²) in [6.45, 7) is 1.54. The van der Waals surface area contributed by atoms with Crippen LogP contribution in [0, 0.1) is 0 Å². The fourth-order valence-corrected chi connectivity index (χ4v) is 3.18. The maximum Gasteiger partial charge on any atom is 0.257 e. The highest BCUT2D eigenvalue weighted by Crippen LogP contribution is 2.17. The van der Waals surface area contributed by atoms with E-state index in [9.17, 15) is 9.59 Å². The first-order valence-corrected chi connectivity index (χ1v) is 9.37. The van der Waals surface area contributed by atoms with Crippen molar-refractivity contribution in [3.05, 3.63) is 53.9 Å². The lowest BCUT2D eigenvalue weighted by atomic mass is 10.1. The standard InChI is InChI=1S/C21H26N4O2/c1-24(2)19-9-7-18(8-10-19)23-20(26)16-13-17(15-22-14-16)21(27)25-11-5-3-4-6-12-25/h7-10,13-15H,3-6,11-12H2,1-2H3,(H,23,26). The van der Waals surface area contributed by atoms with Gasteiger partial charge in [-0.3, -0.25) is 14.6 Å². The zero-order valence-electron chi connectivity index (χ0n) is 15.9. The van der Waals surface area contributed by atoms with E-state index >= 15 is 0 Å². The Morgan fingerprint density at radius 2 is 1.59 bits per heavy atom. The number of carbonyl (C=O) groups excluding carboxylic acids is 2. The van der Waals surface area contributed by atoms with E-state index in [1.165, 1.54) is 12.4 Å². The predicted octanol–water partition coefficient (Wildman–Crippen LogP) is 3.42. The second kappa shape index (κ2) is 8.66. The third kappa shape index (κ3) is 4.84. The molecule has 27 heavy (non-hydrogen) atoms. The van der Waals surface area contributed by atoms with Crippen LogP contribution in [0.25, 0.3) is 0 Å². The Morgan fingerprint density at radius 3 is 2.22 bits per heavy atom. The minimum absolute atomic E-state index is 0.0469. The van der Waals surface area contributed by atoms with Gasteiger partial charge in [-0.25, -0.2) is 0 Å². The van der Waals surface area contributed by atoms with E-state index in [0.717, 1.165) is 44.5 Å². The molecule has 1 N–H and O–H groups in total. The second-order valence-corrected chi connectivity index (χ2v) is 7.06. The quantitative estimate of drug-likeness (QED) is 0.900. The molecular weight excluding hydrogens is 340 g/mol. The number of likely N-dealkylation sites (tertiary alicyclic amines) is 1. The van der Waals surface area contributed by atoms with Gasteiger partial charge in [0.2, 0.25) is 0 Å². The number of pyridine rings is 1. The molecule has 1 aliphatic rings. The lowest BCUT2D eigenvalue weighted by molar-refractivity contribution is 0.0761. The lowest BCUT2D eigenvalue weighted by Gasteiger charge is -2.20. The van der Waals surface area contributed by atoms with E-state index < -0.39 is 0 Å². The Bertz CT molecular complexity index is 794. The van der Waals surface area contributed by atoms with Crippen molar-refractivity contribution >= 4 is 23.2 Å². The molecule has 0 unspecified atom stereocenters. The summed E-state index contributed by atoms with van der Waals surface area (Å²) >= 11 is 0. The molecule has 6 heteroatoms. The molecule has 0 atom stereocenters. The minimum Gasteiger partial charge on any atom is -0.378 e. The Kier molecular flexibility index (Phi) is 6.06. The van der Waals surface area contributed by atoms with E-state index in [4.69, 9.17) is 0 Å². The molecule has 0 radical (unpaired) electrons. The van der Waals surface area contributed by atoms with Crippen LogP contribution in [0.2, 0.25) is 0 Å². The summed E-state index contributed by atoms with van der Waals surface area (Å²) in [6.07, 6.45) is 7.41. The third-order valence-electron chi connectivity index (χ3n) is 4.78. The topological polar surface area (TPSA) is 65.5 Å². The molecule has 6 nitrogen and oxygen atoms in total. The maximum absolute atomic E-state index is 12.7. The van der Waals surface area contributed by atoms with E-state index in [1.54, 1.807) is 6.07 Å². The first-order valence-electron chi connectivity index (χ1n) is 9.37. The SMILES string of the molecule is CN(C)c1ccc(NC(=O)c2cncc(C(=O)N3CCCCCC3)c2)cc1. The molecule has 142 valence electrons. The van der Waals surface area contributed by atoms with Crippen LogP contribution in [0.4, 0.5) is 11.4 Å². The number of benzene rings is 1. The Labute approximate surface area is 160 Å². The van der Waals surface area contributed by atoms with Crippen LogP contribution < -0.4 is 10.2 Å². The van der Waals surface area contributed by atoms with Gasteiger partial charge < -0.3 is 15.1 Å². The molecule has 1 aliphatic heterocycles. The lowest BCUT2D eigenvalue weighted by Crippen LogP contribution is -2.32. The van der Waals surface area contributed by atoms with Gasteiger partial charge in [0.05, 0.1) is 11.1 Å². The van der Waals surface area contributed by atoms with Crippen molar-refractivity contribution in [3.63, 3.8) is 0 Å². The third-order valence-corrected chi connectivity index (χ3v) is 4.78. The van der Waals surface area contributed by atoms with E-state index in [-0.39, 0.29) is 11.8 Å². The zero-order chi connectivity index (χ0) is 19.2. The Balaban J connectivity index is 1.70. The number of nitrogens with one attached hydrogen (secondary N) is 1. The first kappa shape index (κ1) is 18.9. The number of anilines is 2. The monoisotopic (exact) mass is 366 g/mol. The van der Waals surface area contributed by atoms with Crippen LogP contribution in [0.3, 0.4) is 0 Å². The van der Waals surface area contributed by atoms with Crippen LogP contribution in [0.15, 0.2) is 42.7 Å². The molecule has 0 bridgehead atoms. The molecule has 2 amide bonds. The summed E-state index contributed by atoms with van der Waals surface area (Å²) in [6, 6.07) is 9.21. The van der Waals surface area contributed by atoms with Crippen molar-refractivity contribution in [3.8, 4) is 0 Å². The van der Waals surface area contributed by atoms with Crippen LogP contribution in [0.1, 0.15) is 46.4 Å². The number of amides is 2. The fourth-order valence-electron chi connectivity index (χ4n) is 3.18. The van der Waals surface area contributed by atoms with Gasteiger partial charge in [0.25, 0.3) is 11.8 Å². The van der Waals surface area contributed by atoms with Gasteiger partial charge in [0.15, 0.2) is 0 Å². The largest absolute Gasteiger partial charge is 0.378 e. The summed E-state index contributed by atoms with van der Waals surface area (Å²) in [4.78, 5) is 33.3. The van der Waals surface area contributed by atoms with Gasteiger partial charge >= 0.3 is 0 Å². The molecule has 3 rings (SSSR count). The van der Waals surface area contributed by atoms with Crippen molar-refractivity contribution in [1.29, 1.82) is 0 Å². The average Bonchev–Trinajstić information content (AvgIpc) is 2.97. The van der Waals surface area contributed by atoms with Gasteiger partial charge in [-0.2, -0.15) is 0 Å².